The average Bonchev–Trinajstić information content (AvgIpc) is 2.65. The zero-order chi connectivity index (χ0) is 13.3. The van der Waals surface area contributed by atoms with Crippen molar-refractivity contribution >= 4 is 5.97 Å². The highest BCUT2D eigenvalue weighted by molar-refractivity contribution is 5.71. The van der Waals surface area contributed by atoms with Crippen LogP contribution in [0.1, 0.15) is 12.5 Å². The first-order valence-corrected chi connectivity index (χ1v) is 5.90. The van der Waals surface area contributed by atoms with E-state index in [0.717, 1.165) is 5.56 Å². The number of benzene rings is 1. The van der Waals surface area contributed by atoms with Gasteiger partial charge in [0.2, 0.25) is 0 Å². The van der Waals surface area contributed by atoms with Crippen LogP contribution in [0.2, 0.25) is 0 Å². The van der Waals surface area contributed by atoms with Gasteiger partial charge in [-0.1, -0.05) is 13.0 Å². The van der Waals surface area contributed by atoms with Crippen molar-refractivity contribution in [2.24, 2.45) is 11.8 Å². The van der Waals surface area contributed by atoms with Crippen molar-refractivity contribution in [3.05, 3.63) is 29.6 Å². The van der Waals surface area contributed by atoms with Crippen LogP contribution in [0.4, 0.5) is 4.39 Å². The Bertz CT molecular complexity index is 464. The van der Waals surface area contributed by atoms with E-state index in [0.29, 0.717) is 19.6 Å². The molecule has 0 aromatic heterocycles. The van der Waals surface area contributed by atoms with E-state index in [4.69, 9.17) is 10.2 Å². The van der Waals surface area contributed by atoms with Crippen LogP contribution in [0.15, 0.2) is 18.2 Å². The molecule has 1 aliphatic rings. The summed E-state index contributed by atoms with van der Waals surface area (Å²) in [6.07, 6.45) is 0. The van der Waals surface area contributed by atoms with Crippen molar-refractivity contribution in [2.75, 3.05) is 13.1 Å². The maximum Gasteiger partial charge on any atom is 0.308 e. The van der Waals surface area contributed by atoms with Crippen molar-refractivity contribution in [3.8, 4) is 5.75 Å². The number of phenols is 1. The first-order chi connectivity index (χ1) is 8.47. The first-order valence-electron chi connectivity index (χ1n) is 5.90. The molecular weight excluding hydrogens is 237 g/mol. The summed E-state index contributed by atoms with van der Waals surface area (Å²) in [4.78, 5) is 13.0. The van der Waals surface area contributed by atoms with Crippen molar-refractivity contribution < 1.29 is 19.4 Å². The van der Waals surface area contributed by atoms with E-state index < -0.39 is 11.8 Å². The number of carboxylic acid groups (broad SMARTS) is 1. The second-order valence-corrected chi connectivity index (χ2v) is 4.90. The molecule has 1 aromatic carbocycles. The number of hydrogen-bond donors (Lipinski definition) is 2. The number of likely N-dealkylation sites (tertiary alicyclic amines) is 1. The van der Waals surface area contributed by atoms with Gasteiger partial charge in [-0.25, -0.2) is 4.39 Å². The van der Waals surface area contributed by atoms with Gasteiger partial charge in [-0.2, -0.15) is 0 Å². The number of nitrogens with zero attached hydrogens (tertiary/aromatic N) is 1. The van der Waals surface area contributed by atoms with Gasteiger partial charge in [-0.05, 0) is 23.6 Å². The average molecular weight is 253 g/mol. The summed E-state index contributed by atoms with van der Waals surface area (Å²) in [7, 11) is 0. The molecule has 2 unspecified atom stereocenters. The Morgan fingerprint density at radius 1 is 1.50 bits per heavy atom. The van der Waals surface area contributed by atoms with Crippen molar-refractivity contribution in [2.45, 2.75) is 13.5 Å². The van der Waals surface area contributed by atoms with Gasteiger partial charge in [-0.15, -0.1) is 0 Å². The van der Waals surface area contributed by atoms with Crippen molar-refractivity contribution in [1.29, 1.82) is 0 Å². The van der Waals surface area contributed by atoms with Gasteiger partial charge < -0.3 is 10.2 Å². The summed E-state index contributed by atoms with van der Waals surface area (Å²) in [6.45, 7) is 3.60. The lowest BCUT2D eigenvalue weighted by Crippen LogP contribution is -2.23. The molecule has 98 valence electrons. The van der Waals surface area contributed by atoms with Crippen molar-refractivity contribution in [1.82, 2.24) is 4.90 Å². The summed E-state index contributed by atoms with van der Waals surface area (Å²) in [5, 5.41) is 18.1. The topological polar surface area (TPSA) is 60.8 Å². The lowest BCUT2D eigenvalue weighted by molar-refractivity contribution is -0.142. The molecule has 18 heavy (non-hydrogen) atoms. The SMILES string of the molecule is CC1CN(Cc2ccc(O)c(F)c2)CC1C(=O)O. The zero-order valence-electron chi connectivity index (χ0n) is 10.1. The standard InChI is InChI=1S/C13H16FNO3/c1-8-5-15(7-10(8)13(17)18)6-9-2-3-12(16)11(14)4-9/h2-4,8,10,16H,5-7H2,1H3,(H,17,18). The zero-order valence-corrected chi connectivity index (χ0v) is 10.1. The highest BCUT2D eigenvalue weighted by Gasteiger charge is 2.34. The lowest BCUT2D eigenvalue weighted by atomic mass is 9.99. The third-order valence-electron chi connectivity index (χ3n) is 3.42. The Kier molecular flexibility index (Phi) is 3.52. The van der Waals surface area contributed by atoms with Crippen LogP contribution in [0, 0.1) is 17.7 Å². The number of halogens is 1. The molecule has 0 radical (unpaired) electrons. The molecule has 0 amide bonds. The van der Waals surface area contributed by atoms with Crippen LogP contribution in [0.5, 0.6) is 5.75 Å². The molecule has 0 spiro atoms. The fourth-order valence-corrected chi connectivity index (χ4v) is 2.42. The van der Waals surface area contributed by atoms with Gasteiger partial charge in [0.25, 0.3) is 0 Å². The molecule has 1 saturated heterocycles. The molecule has 2 rings (SSSR count). The van der Waals surface area contributed by atoms with Gasteiger partial charge in [0.05, 0.1) is 5.92 Å². The second kappa shape index (κ2) is 4.94. The van der Waals surface area contributed by atoms with Crippen LogP contribution in [-0.2, 0) is 11.3 Å². The largest absolute Gasteiger partial charge is 0.505 e. The third kappa shape index (κ3) is 2.61. The number of carbonyl (C=O) groups is 1. The van der Waals surface area contributed by atoms with E-state index in [1.54, 1.807) is 6.07 Å². The summed E-state index contributed by atoms with van der Waals surface area (Å²) >= 11 is 0. The van der Waals surface area contributed by atoms with Crippen LogP contribution in [0.25, 0.3) is 0 Å². The minimum absolute atomic E-state index is 0.101. The molecule has 1 aliphatic heterocycles. The fourth-order valence-electron chi connectivity index (χ4n) is 2.42. The van der Waals surface area contributed by atoms with E-state index in [2.05, 4.69) is 0 Å². The quantitative estimate of drug-likeness (QED) is 0.860. The number of aromatic hydroxyl groups is 1. The summed E-state index contributed by atoms with van der Waals surface area (Å²) in [6, 6.07) is 4.25. The van der Waals surface area contributed by atoms with Crippen LogP contribution in [0.3, 0.4) is 0 Å². The van der Waals surface area contributed by atoms with Crippen LogP contribution >= 0.6 is 0 Å². The molecule has 0 saturated carbocycles. The summed E-state index contributed by atoms with van der Waals surface area (Å²) in [5.74, 6) is -2.04. The van der Waals surface area contributed by atoms with Gasteiger partial charge in [0, 0.05) is 19.6 Å². The molecule has 1 fully saturated rings. The molecule has 1 aromatic rings. The predicted molar refractivity (Wildman–Crippen MR) is 63.6 cm³/mol. The Labute approximate surface area is 105 Å². The van der Waals surface area contributed by atoms with Crippen molar-refractivity contribution in [3.63, 3.8) is 0 Å². The maximum atomic E-state index is 13.2. The summed E-state index contributed by atoms with van der Waals surface area (Å²) in [5.41, 5.74) is 0.739. The van der Waals surface area contributed by atoms with Gasteiger partial charge in [-0.3, -0.25) is 9.69 Å². The third-order valence-corrected chi connectivity index (χ3v) is 3.42. The smallest absolute Gasteiger partial charge is 0.308 e. The van der Waals surface area contributed by atoms with Gasteiger partial charge in [0.15, 0.2) is 11.6 Å². The molecule has 1 heterocycles. The Hall–Kier alpha value is -1.62. The number of carboxylic acids is 1. The molecule has 4 nitrogen and oxygen atoms in total. The highest BCUT2D eigenvalue weighted by Crippen LogP contribution is 2.25. The number of phenolic OH excluding ortho intramolecular Hbond substituents is 1. The molecule has 0 bridgehead atoms. The van der Waals surface area contributed by atoms with E-state index in [-0.39, 0.29) is 17.6 Å². The van der Waals surface area contributed by atoms with Crippen LogP contribution in [-0.4, -0.2) is 34.2 Å². The minimum Gasteiger partial charge on any atom is -0.505 e. The van der Waals surface area contributed by atoms with E-state index in [1.807, 2.05) is 11.8 Å². The fraction of sp³-hybridized carbons (Fsp3) is 0.462. The number of aliphatic carboxylic acids is 1. The molecule has 0 aliphatic carbocycles. The normalized spacial score (nSPS) is 24.3. The Morgan fingerprint density at radius 2 is 2.22 bits per heavy atom. The predicted octanol–water partition coefficient (Wildman–Crippen LogP) is 1.68. The van der Waals surface area contributed by atoms with Gasteiger partial charge in [0.1, 0.15) is 0 Å². The maximum absolute atomic E-state index is 13.2. The molecule has 2 N–H and O–H groups in total. The lowest BCUT2D eigenvalue weighted by Gasteiger charge is -2.15. The van der Waals surface area contributed by atoms with E-state index in [1.165, 1.54) is 12.1 Å². The second-order valence-electron chi connectivity index (χ2n) is 4.90. The monoisotopic (exact) mass is 253 g/mol. The Morgan fingerprint density at radius 3 is 2.78 bits per heavy atom. The molecule has 5 heteroatoms. The molecular formula is C13H16FNO3. The number of hydrogen-bond acceptors (Lipinski definition) is 3. The first kappa shape index (κ1) is 12.8. The van der Waals surface area contributed by atoms with Crippen LogP contribution < -0.4 is 0 Å². The van der Waals surface area contributed by atoms with E-state index in [9.17, 15) is 9.18 Å². The Balaban J connectivity index is 2.03. The molecule has 2 atom stereocenters. The van der Waals surface area contributed by atoms with E-state index >= 15 is 0 Å². The highest BCUT2D eigenvalue weighted by atomic mass is 19.1. The van der Waals surface area contributed by atoms with Gasteiger partial charge >= 0.3 is 5.97 Å². The summed E-state index contributed by atoms with van der Waals surface area (Å²) < 4.78 is 13.2. The minimum atomic E-state index is -0.776. The number of rotatable bonds is 3.